The zero-order valence-corrected chi connectivity index (χ0v) is 40.9. The molecule has 2 fully saturated rings. The van der Waals surface area contributed by atoms with Gasteiger partial charge in [0, 0.05) is 86.5 Å². The zero-order valence-electron chi connectivity index (χ0n) is 37.7. The van der Waals surface area contributed by atoms with E-state index in [0.717, 1.165) is 32.0 Å². The van der Waals surface area contributed by atoms with E-state index in [4.69, 9.17) is 35.0 Å². The number of aldehydes is 1. The van der Waals surface area contributed by atoms with Crippen LogP contribution < -0.4 is 5.14 Å². The van der Waals surface area contributed by atoms with Gasteiger partial charge in [0.25, 0.3) is 0 Å². The first-order valence-electron chi connectivity index (χ1n) is 19.0. The summed E-state index contributed by atoms with van der Waals surface area (Å²) in [6, 6.07) is 0. The molecular formula is C38H82N4O11S2Ti. The molecule has 18 heteroatoms. The minimum absolute atomic E-state index is 0. The molecule has 0 aliphatic carbocycles. The molecule has 0 saturated carbocycles. The number of aliphatic hydroxyl groups is 4. The van der Waals surface area contributed by atoms with Crippen molar-refractivity contribution in [1.29, 1.82) is 0 Å². The molecule has 0 bridgehead atoms. The maximum atomic E-state index is 11.9. The predicted octanol–water partition coefficient (Wildman–Crippen LogP) is 5.40. The Kier molecular flexibility index (Phi) is 43.6. The SMILES string of the molecule is CC(C)(C)OC(=O)N1CCC(C=N[S@@](=O)C(C)(C)C)CC1.CC(C)(C)OC(=O)N1CCC(C=O)CC1.CC(C)(C)[S@@](N)=O.CCO.CCO.CCO.CCO.[Ti]. The number of amides is 2. The number of ether oxygens (including phenoxy) is 2. The summed E-state index contributed by atoms with van der Waals surface area (Å²) < 4.78 is 36.4. The van der Waals surface area contributed by atoms with Gasteiger partial charge in [0.05, 0.1) is 20.5 Å². The summed E-state index contributed by atoms with van der Waals surface area (Å²) in [6.45, 7) is 32.7. The van der Waals surface area contributed by atoms with Crippen molar-refractivity contribution in [3.05, 3.63) is 0 Å². The van der Waals surface area contributed by atoms with Gasteiger partial charge in [-0.2, -0.15) is 4.40 Å². The van der Waals surface area contributed by atoms with Gasteiger partial charge in [-0.1, -0.05) is 0 Å². The number of hydrogen-bond acceptors (Lipinski definition) is 11. The van der Waals surface area contributed by atoms with Crippen molar-refractivity contribution in [3.8, 4) is 0 Å². The van der Waals surface area contributed by atoms with Gasteiger partial charge in [-0.05, 0) is 142 Å². The van der Waals surface area contributed by atoms with Gasteiger partial charge >= 0.3 is 12.2 Å². The number of rotatable bonds is 3. The molecule has 0 aromatic rings. The molecule has 2 aliphatic rings. The van der Waals surface area contributed by atoms with Gasteiger partial charge < -0.3 is 44.5 Å². The second kappa shape index (κ2) is 36.7. The van der Waals surface area contributed by atoms with Crippen LogP contribution in [0, 0.1) is 11.8 Å². The van der Waals surface area contributed by atoms with Crippen LogP contribution in [0.4, 0.5) is 9.59 Å². The minimum atomic E-state index is -1.21. The minimum Gasteiger partial charge on any atom is -0.444 e. The molecule has 0 spiro atoms. The van der Waals surface area contributed by atoms with Crippen LogP contribution in [0.3, 0.4) is 0 Å². The molecule has 15 nitrogen and oxygen atoms in total. The van der Waals surface area contributed by atoms with Gasteiger partial charge in [-0.3, -0.25) is 5.14 Å². The molecule has 6 N–H and O–H groups in total. The molecule has 0 unspecified atom stereocenters. The topological polar surface area (TPSA) is 230 Å². The van der Waals surface area contributed by atoms with E-state index in [1.807, 2.05) is 83.1 Å². The number of hydrogen-bond donors (Lipinski definition) is 5. The maximum Gasteiger partial charge on any atom is 0.410 e. The van der Waals surface area contributed by atoms with Crippen molar-refractivity contribution < 1.29 is 74.4 Å². The van der Waals surface area contributed by atoms with Crippen molar-refractivity contribution in [2.24, 2.45) is 21.4 Å². The van der Waals surface area contributed by atoms with Crippen LogP contribution in [0.1, 0.15) is 136 Å². The Morgan fingerprint density at radius 2 is 0.893 bits per heavy atom. The van der Waals surface area contributed by atoms with Crippen molar-refractivity contribution >= 4 is 46.7 Å². The van der Waals surface area contributed by atoms with Crippen LogP contribution >= 0.6 is 0 Å². The molecular weight excluding hydrogens is 800 g/mol. The van der Waals surface area contributed by atoms with E-state index in [9.17, 15) is 22.8 Å². The number of piperidine rings is 2. The van der Waals surface area contributed by atoms with E-state index in [1.54, 1.807) is 43.7 Å². The Morgan fingerprint density at radius 1 is 0.643 bits per heavy atom. The molecule has 56 heavy (non-hydrogen) atoms. The summed E-state index contributed by atoms with van der Waals surface area (Å²) in [5.74, 6) is 0.402. The van der Waals surface area contributed by atoms with Crippen LogP contribution in [0.25, 0.3) is 0 Å². The summed E-state index contributed by atoms with van der Waals surface area (Å²) in [6.07, 6.45) is 5.43. The van der Waals surface area contributed by atoms with Crippen LogP contribution in [0.15, 0.2) is 4.40 Å². The van der Waals surface area contributed by atoms with E-state index < -0.39 is 33.2 Å². The molecule has 336 valence electrons. The molecule has 2 amide bonds. The van der Waals surface area contributed by atoms with Crippen molar-refractivity contribution in [2.45, 2.75) is 157 Å². The van der Waals surface area contributed by atoms with E-state index in [-0.39, 0.29) is 81.7 Å². The molecule has 0 aromatic heterocycles. The molecule has 0 aromatic carbocycles. The number of nitrogens with two attached hydrogens (primary N) is 1. The number of aliphatic hydroxyl groups excluding tert-OH is 4. The standard InChI is InChI=1S/C15H28N2O3S.C11H19NO3.C4H11NOS.4C2H6O.Ti/c1-14(2,3)20-13(18)17-9-7-12(8-10-17)11-16-21(19)15(4,5)6;1-11(2,3)15-10(14)12-6-4-9(8-13)5-7-12;1-4(2,3)7(5)6;4*1-2-3;/h11-12H,7-10H2,1-6H3;8-9H,4-7H2,1-3H3;5H2,1-3H3;4*3H,2H2,1H3;/t21-;;7-;;;;;/m0.0...../s1. The maximum absolute atomic E-state index is 11.9. The Balaban J connectivity index is -0.000000155. The Bertz CT molecular complexity index is 1040. The molecule has 2 atom stereocenters. The van der Waals surface area contributed by atoms with Crippen LogP contribution in [0.2, 0.25) is 0 Å². The number of carbonyl (C=O) groups excluding carboxylic acids is 3. The average molecular weight is 883 g/mol. The van der Waals surface area contributed by atoms with E-state index in [1.165, 1.54) is 0 Å². The fourth-order valence-electron chi connectivity index (χ4n) is 3.40. The van der Waals surface area contributed by atoms with Crippen LogP contribution in [0.5, 0.6) is 0 Å². The van der Waals surface area contributed by atoms with Gasteiger partial charge in [-0.25, -0.2) is 18.0 Å². The molecule has 2 heterocycles. The van der Waals surface area contributed by atoms with Gasteiger partial charge in [0.2, 0.25) is 0 Å². The largest absolute Gasteiger partial charge is 0.444 e. The monoisotopic (exact) mass is 882 g/mol. The fraction of sp³-hybridized carbons (Fsp3) is 0.895. The van der Waals surface area contributed by atoms with Crippen molar-refractivity contribution in [3.63, 3.8) is 0 Å². The Hall–Kier alpha value is -1.31. The molecule has 2 aliphatic heterocycles. The summed E-state index contributed by atoms with van der Waals surface area (Å²) in [5.41, 5.74) is -0.905. The summed E-state index contributed by atoms with van der Waals surface area (Å²) in [7, 11) is -2.39. The summed E-state index contributed by atoms with van der Waals surface area (Å²) >= 11 is 0. The van der Waals surface area contributed by atoms with Crippen LogP contribution in [-0.2, 0) is 58.0 Å². The third kappa shape index (κ3) is 45.4. The smallest absolute Gasteiger partial charge is 0.410 e. The quantitative estimate of drug-likeness (QED) is 0.137. The Morgan fingerprint density at radius 3 is 1.09 bits per heavy atom. The van der Waals surface area contributed by atoms with E-state index in [2.05, 4.69) is 4.40 Å². The molecule has 2 rings (SSSR count). The number of carbonyl (C=O) groups is 3. The normalized spacial score (nSPS) is 15.8. The van der Waals surface area contributed by atoms with E-state index >= 15 is 0 Å². The van der Waals surface area contributed by atoms with Crippen molar-refractivity contribution in [2.75, 3.05) is 52.6 Å². The third-order valence-electron chi connectivity index (χ3n) is 6.07. The third-order valence-corrected chi connectivity index (χ3v) is 8.64. The number of nitrogens with zero attached hydrogens (tertiary/aromatic N) is 3. The number of likely N-dealkylation sites (tertiary alicyclic amines) is 2. The second-order valence-corrected chi connectivity index (χ2v) is 19.8. The first kappa shape index (κ1) is 66.5. The van der Waals surface area contributed by atoms with Crippen LogP contribution in [-0.4, -0.2) is 137 Å². The summed E-state index contributed by atoms with van der Waals surface area (Å²) in [5, 5.41) is 35.3. The predicted molar refractivity (Wildman–Crippen MR) is 227 cm³/mol. The van der Waals surface area contributed by atoms with Gasteiger partial charge in [0.15, 0.2) is 0 Å². The summed E-state index contributed by atoms with van der Waals surface area (Å²) in [4.78, 5) is 37.5. The average Bonchev–Trinajstić information content (AvgIpc) is 3.03. The first-order valence-corrected chi connectivity index (χ1v) is 21.3. The molecule has 0 radical (unpaired) electrons. The first-order chi connectivity index (χ1) is 25.0. The van der Waals surface area contributed by atoms with Gasteiger partial charge in [-0.15, -0.1) is 0 Å². The van der Waals surface area contributed by atoms with Crippen molar-refractivity contribution in [1.82, 2.24) is 9.80 Å². The van der Waals surface area contributed by atoms with E-state index in [0.29, 0.717) is 26.2 Å². The fourth-order valence-corrected chi connectivity index (χ4v) is 4.00. The molecule has 2 saturated heterocycles. The van der Waals surface area contributed by atoms with Gasteiger partial charge in [0.1, 0.15) is 28.5 Å². The Labute approximate surface area is 360 Å². The zero-order chi connectivity index (χ0) is 44.6. The second-order valence-electron chi connectivity index (χ2n) is 16.0.